The first kappa shape index (κ1) is 10.9. The van der Waals surface area contributed by atoms with Gasteiger partial charge < -0.3 is 5.32 Å². The van der Waals surface area contributed by atoms with Crippen molar-refractivity contribution in [1.29, 1.82) is 0 Å². The third-order valence-electron chi connectivity index (χ3n) is 2.53. The van der Waals surface area contributed by atoms with E-state index in [1.165, 1.54) is 23.9 Å². The molecule has 1 aromatic rings. The molecule has 0 bridgehead atoms. The smallest absolute Gasteiger partial charge is 0.139 e. The van der Waals surface area contributed by atoms with Crippen LogP contribution in [0.4, 0.5) is 8.78 Å². The Morgan fingerprint density at radius 3 is 2.93 bits per heavy atom. The molecule has 82 valence electrons. The molecule has 0 aliphatic carbocycles. The summed E-state index contributed by atoms with van der Waals surface area (Å²) in [5, 5.41) is 3.27. The minimum atomic E-state index is -0.514. The van der Waals surface area contributed by atoms with Crippen LogP contribution in [0.2, 0.25) is 0 Å². The van der Waals surface area contributed by atoms with Crippen LogP contribution in [0.1, 0.15) is 6.42 Å². The van der Waals surface area contributed by atoms with E-state index in [0.29, 0.717) is 10.8 Å². The van der Waals surface area contributed by atoms with E-state index in [0.717, 1.165) is 31.3 Å². The van der Waals surface area contributed by atoms with E-state index in [1.54, 1.807) is 0 Å². The highest BCUT2D eigenvalue weighted by molar-refractivity contribution is 7.99. The van der Waals surface area contributed by atoms with E-state index >= 15 is 0 Å². The van der Waals surface area contributed by atoms with E-state index in [-0.39, 0.29) is 0 Å². The van der Waals surface area contributed by atoms with Gasteiger partial charge in [-0.2, -0.15) is 0 Å². The third kappa shape index (κ3) is 2.92. The fourth-order valence-corrected chi connectivity index (χ4v) is 2.72. The molecule has 0 amide bonds. The molecule has 1 aliphatic rings. The molecular weight excluding hydrogens is 216 g/mol. The van der Waals surface area contributed by atoms with Crippen molar-refractivity contribution in [2.24, 2.45) is 5.92 Å². The Bertz CT molecular complexity index is 337. The molecule has 0 unspecified atom stereocenters. The minimum Gasteiger partial charge on any atom is -0.316 e. The van der Waals surface area contributed by atoms with Crippen LogP contribution in [0.15, 0.2) is 23.1 Å². The Kier molecular flexibility index (Phi) is 3.59. The molecule has 15 heavy (non-hydrogen) atoms. The number of benzene rings is 1. The lowest BCUT2D eigenvalue weighted by Gasteiger charge is -2.08. The predicted octanol–water partition coefficient (Wildman–Crippen LogP) is 2.67. The van der Waals surface area contributed by atoms with Crippen LogP contribution < -0.4 is 5.32 Å². The third-order valence-corrected chi connectivity index (χ3v) is 3.81. The summed E-state index contributed by atoms with van der Waals surface area (Å²) in [7, 11) is 0. The van der Waals surface area contributed by atoms with Crippen LogP contribution in [-0.2, 0) is 0 Å². The quantitative estimate of drug-likeness (QED) is 0.800. The Morgan fingerprint density at radius 2 is 2.27 bits per heavy atom. The molecule has 1 N–H and O–H groups in total. The molecular formula is C11H13F2NS. The van der Waals surface area contributed by atoms with E-state index in [4.69, 9.17) is 0 Å². The van der Waals surface area contributed by atoms with Crippen molar-refractivity contribution in [3.63, 3.8) is 0 Å². The van der Waals surface area contributed by atoms with Crippen molar-refractivity contribution in [2.45, 2.75) is 11.3 Å². The molecule has 0 spiro atoms. The van der Waals surface area contributed by atoms with Gasteiger partial charge in [0.15, 0.2) is 0 Å². The standard InChI is InChI=1S/C11H13F2NS/c12-9-1-2-11(10(13)5-9)15-7-8-3-4-14-6-8/h1-2,5,8,14H,3-4,6-7H2/t8-/m1/s1. The topological polar surface area (TPSA) is 12.0 Å². The van der Waals surface area contributed by atoms with E-state index in [2.05, 4.69) is 5.32 Å². The Hall–Kier alpha value is -0.610. The summed E-state index contributed by atoms with van der Waals surface area (Å²) in [6.45, 7) is 2.06. The van der Waals surface area contributed by atoms with E-state index < -0.39 is 11.6 Å². The average Bonchev–Trinajstić information content (AvgIpc) is 2.69. The van der Waals surface area contributed by atoms with Crippen molar-refractivity contribution in [3.05, 3.63) is 29.8 Å². The van der Waals surface area contributed by atoms with Crippen LogP contribution in [0.5, 0.6) is 0 Å². The van der Waals surface area contributed by atoms with Gasteiger partial charge in [0.25, 0.3) is 0 Å². The highest BCUT2D eigenvalue weighted by Crippen LogP contribution is 2.26. The summed E-state index contributed by atoms with van der Waals surface area (Å²) in [5.41, 5.74) is 0. The maximum atomic E-state index is 13.2. The van der Waals surface area contributed by atoms with Crippen molar-refractivity contribution in [2.75, 3.05) is 18.8 Å². The Balaban J connectivity index is 1.92. The van der Waals surface area contributed by atoms with Gasteiger partial charge in [-0.25, -0.2) is 8.78 Å². The second-order valence-electron chi connectivity index (χ2n) is 3.74. The van der Waals surface area contributed by atoms with E-state index in [9.17, 15) is 8.78 Å². The van der Waals surface area contributed by atoms with Crippen LogP contribution in [-0.4, -0.2) is 18.8 Å². The normalized spacial score (nSPS) is 20.8. The first-order valence-corrected chi connectivity index (χ1v) is 6.03. The maximum Gasteiger partial charge on any atom is 0.139 e. The van der Waals surface area contributed by atoms with Crippen molar-refractivity contribution in [1.82, 2.24) is 5.32 Å². The van der Waals surface area contributed by atoms with Gasteiger partial charge in [0.2, 0.25) is 0 Å². The van der Waals surface area contributed by atoms with Gasteiger partial charge in [-0.05, 0) is 37.6 Å². The van der Waals surface area contributed by atoms with Gasteiger partial charge in [-0.3, -0.25) is 0 Å². The number of thioether (sulfide) groups is 1. The van der Waals surface area contributed by atoms with Gasteiger partial charge in [0.1, 0.15) is 11.6 Å². The van der Waals surface area contributed by atoms with Gasteiger partial charge >= 0.3 is 0 Å². The fourth-order valence-electron chi connectivity index (χ4n) is 1.66. The molecule has 1 aromatic carbocycles. The number of nitrogens with one attached hydrogen (secondary N) is 1. The zero-order chi connectivity index (χ0) is 10.7. The summed E-state index contributed by atoms with van der Waals surface area (Å²) < 4.78 is 25.9. The summed E-state index contributed by atoms with van der Waals surface area (Å²) >= 11 is 1.47. The molecule has 0 radical (unpaired) electrons. The summed E-state index contributed by atoms with van der Waals surface area (Å²) in [5.74, 6) is 0.542. The summed E-state index contributed by atoms with van der Waals surface area (Å²) in [4.78, 5) is 0.545. The zero-order valence-electron chi connectivity index (χ0n) is 8.30. The highest BCUT2D eigenvalue weighted by Gasteiger charge is 2.15. The second kappa shape index (κ2) is 4.94. The Morgan fingerprint density at radius 1 is 1.40 bits per heavy atom. The van der Waals surface area contributed by atoms with Gasteiger partial charge in [-0.1, -0.05) is 0 Å². The lowest BCUT2D eigenvalue weighted by atomic mass is 10.2. The lowest BCUT2D eigenvalue weighted by molar-refractivity contribution is 0.565. The molecule has 1 heterocycles. The van der Waals surface area contributed by atoms with Crippen LogP contribution in [0, 0.1) is 17.6 Å². The van der Waals surface area contributed by atoms with Crippen molar-refractivity contribution < 1.29 is 8.78 Å². The van der Waals surface area contributed by atoms with Gasteiger partial charge in [-0.15, -0.1) is 11.8 Å². The molecule has 1 aliphatic heterocycles. The van der Waals surface area contributed by atoms with E-state index in [1.807, 2.05) is 0 Å². The molecule has 1 nitrogen and oxygen atoms in total. The highest BCUT2D eigenvalue weighted by atomic mass is 32.2. The summed E-state index contributed by atoms with van der Waals surface area (Å²) in [6.07, 6.45) is 1.15. The largest absolute Gasteiger partial charge is 0.316 e. The van der Waals surface area contributed by atoms with Gasteiger partial charge in [0, 0.05) is 16.7 Å². The zero-order valence-corrected chi connectivity index (χ0v) is 9.12. The molecule has 1 fully saturated rings. The fraction of sp³-hybridized carbons (Fsp3) is 0.455. The van der Waals surface area contributed by atoms with Crippen LogP contribution in [0.3, 0.4) is 0 Å². The second-order valence-corrected chi connectivity index (χ2v) is 4.81. The number of hydrogen-bond donors (Lipinski definition) is 1. The summed E-state index contributed by atoms with van der Waals surface area (Å²) in [6, 6.07) is 3.76. The molecule has 1 saturated heterocycles. The minimum absolute atomic E-state index is 0.453. The predicted molar refractivity (Wildman–Crippen MR) is 58.1 cm³/mol. The molecule has 0 saturated carbocycles. The van der Waals surface area contributed by atoms with Crippen LogP contribution in [0.25, 0.3) is 0 Å². The SMILES string of the molecule is Fc1ccc(SC[C@@H]2CCNC2)c(F)c1. The molecule has 1 atom stereocenters. The van der Waals surface area contributed by atoms with Gasteiger partial charge in [0.05, 0.1) is 0 Å². The maximum absolute atomic E-state index is 13.2. The number of hydrogen-bond acceptors (Lipinski definition) is 2. The number of halogens is 2. The molecule has 4 heteroatoms. The molecule has 0 aromatic heterocycles. The monoisotopic (exact) mass is 229 g/mol. The Labute approximate surface area is 92.3 Å². The first-order chi connectivity index (χ1) is 7.25. The first-order valence-electron chi connectivity index (χ1n) is 5.04. The molecule has 2 rings (SSSR count). The van der Waals surface area contributed by atoms with Crippen LogP contribution >= 0.6 is 11.8 Å². The number of rotatable bonds is 3. The average molecular weight is 229 g/mol. The lowest BCUT2D eigenvalue weighted by Crippen LogP contribution is -2.10. The van der Waals surface area contributed by atoms with Crippen molar-refractivity contribution >= 4 is 11.8 Å². The van der Waals surface area contributed by atoms with Crippen molar-refractivity contribution in [3.8, 4) is 0 Å².